The summed E-state index contributed by atoms with van der Waals surface area (Å²) >= 11 is 0. The Morgan fingerprint density at radius 2 is 1.80 bits per heavy atom. The van der Waals surface area contributed by atoms with E-state index in [9.17, 15) is 9.59 Å². The summed E-state index contributed by atoms with van der Waals surface area (Å²) in [5, 5.41) is 3.37. The first-order valence-electron chi connectivity index (χ1n) is 10.8. The van der Waals surface area contributed by atoms with Gasteiger partial charge >= 0.3 is 5.69 Å². The molecule has 0 spiro atoms. The summed E-state index contributed by atoms with van der Waals surface area (Å²) in [6, 6.07) is 12.5. The normalized spacial score (nSPS) is 32.1. The molecule has 7 heteroatoms. The Hall–Kier alpha value is -2.51. The van der Waals surface area contributed by atoms with E-state index in [0.717, 1.165) is 45.0 Å². The van der Waals surface area contributed by atoms with Gasteiger partial charge in [0.1, 0.15) is 6.54 Å². The van der Waals surface area contributed by atoms with Crippen molar-refractivity contribution in [3.63, 3.8) is 0 Å². The minimum Gasteiger partial charge on any atom is -0.350 e. The molecule has 1 aromatic carbocycles. The molecule has 1 N–H and O–H groups in total. The molecule has 30 heavy (non-hydrogen) atoms. The number of rotatable bonds is 4. The van der Waals surface area contributed by atoms with Crippen LogP contribution in [-0.4, -0.2) is 70.6 Å². The Morgan fingerprint density at radius 3 is 2.43 bits per heavy atom. The lowest BCUT2D eigenvalue weighted by Crippen LogP contribution is -2.70. The van der Waals surface area contributed by atoms with Crippen LogP contribution < -0.4 is 11.0 Å². The molecule has 4 aliphatic heterocycles. The van der Waals surface area contributed by atoms with Gasteiger partial charge in [0.2, 0.25) is 5.91 Å². The van der Waals surface area contributed by atoms with Crippen LogP contribution in [-0.2, 0) is 16.8 Å². The van der Waals surface area contributed by atoms with E-state index in [2.05, 4.69) is 44.4 Å². The third-order valence-electron chi connectivity index (χ3n) is 7.11. The fourth-order valence-electron chi connectivity index (χ4n) is 5.90. The van der Waals surface area contributed by atoms with Gasteiger partial charge in [-0.1, -0.05) is 30.3 Å². The average Bonchev–Trinajstić information content (AvgIpc) is 2.96. The summed E-state index contributed by atoms with van der Waals surface area (Å²) in [5.74, 6) is 0.274. The maximum absolute atomic E-state index is 13.1. The lowest BCUT2D eigenvalue weighted by Gasteiger charge is -2.55. The van der Waals surface area contributed by atoms with Crippen molar-refractivity contribution >= 4 is 5.91 Å². The average molecular weight is 408 g/mol. The van der Waals surface area contributed by atoms with E-state index in [1.165, 1.54) is 10.1 Å². The van der Waals surface area contributed by atoms with Crippen LogP contribution in [0.2, 0.25) is 0 Å². The molecular weight excluding hydrogens is 378 g/mol. The van der Waals surface area contributed by atoms with Crippen molar-refractivity contribution in [3.05, 3.63) is 63.8 Å². The molecule has 5 heterocycles. The van der Waals surface area contributed by atoms with Crippen molar-refractivity contribution in [1.82, 2.24) is 24.7 Å². The topological polar surface area (TPSA) is 70.5 Å². The number of aryl methyl sites for hydroxylation is 2. The second-order valence-corrected chi connectivity index (χ2v) is 9.21. The number of benzene rings is 1. The highest BCUT2D eigenvalue weighted by molar-refractivity contribution is 5.76. The molecule has 0 aliphatic carbocycles. The van der Waals surface area contributed by atoms with Gasteiger partial charge in [0.25, 0.3) is 0 Å². The van der Waals surface area contributed by atoms with Crippen molar-refractivity contribution in [2.45, 2.75) is 31.8 Å². The van der Waals surface area contributed by atoms with E-state index in [0.29, 0.717) is 11.6 Å². The number of carbonyl (C=O) groups is 1. The Kier molecular flexibility index (Phi) is 4.75. The van der Waals surface area contributed by atoms with Crippen LogP contribution in [0.5, 0.6) is 0 Å². The van der Waals surface area contributed by atoms with Crippen molar-refractivity contribution in [2.24, 2.45) is 5.92 Å². The number of aromatic nitrogens is 2. The molecule has 2 unspecified atom stereocenters. The molecule has 4 aliphatic rings. The summed E-state index contributed by atoms with van der Waals surface area (Å²) in [7, 11) is 0. The van der Waals surface area contributed by atoms with Gasteiger partial charge in [-0.05, 0) is 25.5 Å². The van der Waals surface area contributed by atoms with E-state index in [-0.39, 0.29) is 29.6 Å². The molecule has 3 atom stereocenters. The number of carbonyl (C=O) groups excluding carboxylic acids is 1. The van der Waals surface area contributed by atoms with Crippen LogP contribution in [0.25, 0.3) is 0 Å². The van der Waals surface area contributed by atoms with Gasteiger partial charge < -0.3 is 15.1 Å². The predicted octanol–water partition coefficient (Wildman–Crippen LogP) is 0.544. The molecule has 6 rings (SSSR count). The molecule has 0 radical (unpaired) electrons. The van der Waals surface area contributed by atoms with Crippen LogP contribution in [0.4, 0.5) is 0 Å². The minimum atomic E-state index is -0.362. The Morgan fingerprint density at radius 1 is 1.13 bits per heavy atom. The van der Waals surface area contributed by atoms with E-state index in [1.54, 1.807) is 6.92 Å². The maximum atomic E-state index is 13.1. The first kappa shape index (κ1) is 19.5. The summed E-state index contributed by atoms with van der Waals surface area (Å²) in [5.41, 5.74) is 2.25. The number of amides is 1. The molecule has 4 saturated heterocycles. The van der Waals surface area contributed by atoms with Gasteiger partial charge in [0.15, 0.2) is 0 Å². The fourth-order valence-corrected chi connectivity index (χ4v) is 5.90. The van der Waals surface area contributed by atoms with Crippen molar-refractivity contribution in [3.8, 4) is 0 Å². The smallest absolute Gasteiger partial charge is 0.348 e. The highest BCUT2D eigenvalue weighted by atomic mass is 16.2. The van der Waals surface area contributed by atoms with E-state index >= 15 is 0 Å². The van der Waals surface area contributed by atoms with Crippen molar-refractivity contribution in [1.29, 1.82) is 0 Å². The van der Waals surface area contributed by atoms with Crippen LogP contribution in [0, 0.1) is 19.8 Å². The molecule has 1 amide bonds. The fraction of sp³-hybridized carbons (Fsp3) is 0.522. The number of piperidine rings is 2. The first-order valence-corrected chi connectivity index (χ1v) is 10.8. The Balaban J connectivity index is 1.46. The highest BCUT2D eigenvalue weighted by Gasteiger charge is 2.55. The summed E-state index contributed by atoms with van der Waals surface area (Å²) in [6.07, 6.45) is 0. The standard InChI is InChI=1S/C23H29N5O2/c1-16-10-17(2)28(22(30)24-16)13-20(29)25-21-18-11-26-8-9-27(12-18)15-23(21,14-26)19-6-4-3-5-7-19/h3-7,10,18,21H,8-9,11-15H2,1-2H3,(H,25,29)/t18?,21-,23?/m0/s1. The molecule has 4 fully saturated rings. The van der Waals surface area contributed by atoms with Crippen LogP contribution in [0.3, 0.4) is 0 Å². The van der Waals surface area contributed by atoms with E-state index in [1.807, 2.05) is 19.1 Å². The van der Waals surface area contributed by atoms with E-state index in [4.69, 9.17) is 0 Å². The van der Waals surface area contributed by atoms with Crippen molar-refractivity contribution < 1.29 is 4.79 Å². The molecule has 7 nitrogen and oxygen atoms in total. The van der Waals surface area contributed by atoms with Gasteiger partial charge in [-0.15, -0.1) is 0 Å². The SMILES string of the molecule is Cc1cc(C)n(CC(=O)N[C@H]2C3CN4CCN(C3)CC2(c2ccccc2)C4)c(=O)n1. The van der Waals surface area contributed by atoms with Crippen molar-refractivity contribution in [2.75, 3.05) is 39.3 Å². The quantitative estimate of drug-likeness (QED) is 0.801. The summed E-state index contributed by atoms with van der Waals surface area (Å²) < 4.78 is 1.47. The monoisotopic (exact) mass is 407 g/mol. The van der Waals surface area contributed by atoms with Crippen LogP contribution >= 0.6 is 0 Å². The molecule has 158 valence electrons. The number of hydrogen-bond donors (Lipinski definition) is 1. The number of nitrogens with one attached hydrogen (secondary N) is 1. The maximum Gasteiger partial charge on any atom is 0.348 e. The van der Waals surface area contributed by atoms with Gasteiger partial charge in [0, 0.05) is 68.0 Å². The molecule has 0 saturated carbocycles. The predicted molar refractivity (Wildman–Crippen MR) is 114 cm³/mol. The molecule has 1 aromatic heterocycles. The zero-order chi connectivity index (χ0) is 20.9. The largest absolute Gasteiger partial charge is 0.350 e. The number of nitrogens with zero attached hydrogens (tertiary/aromatic N) is 4. The third-order valence-corrected chi connectivity index (χ3v) is 7.11. The van der Waals surface area contributed by atoms with Gasteiger partial charge in [-0.25, -0.2) is 4.79 Å². The Labute approximate surface area is 176 Å². The highest BCUT2D eigenvalue weighted by Crippen LogP contribution is 2.43. The molecule has 2 aromatic rings. The Bertz CT molecular complexity index is 1000. The number of hydrogen-bond acceptors (Lipinski definition) is 5. The van der Waals surface area contributed by atoms with E-state index < -0.39 is 0 Å². The van der Waals surface area contributed by atoms with Crippen LogP contribution in [0.1, 0.15) is 17.0 Å². The molecular formula is C23H29N5O2. The van der Waals surface area contributed by atoms with Gasteiger partial charge in [-0.2, -0.15) is 4.98 Å². The lowest BCUT2D eigenvalue weighted by molar-refractivity contribution is -0.125. The second-order valence-electron chi connectivity index (χ2n) is 9.21. The zero-order valence-corrected chi connectivity index (χ0v) is 17.7. The lowest BCUT2D eigenvalue weighted by atomic mass is 9.64. The third kappa shape index (κ3) is 3.26. The first-order chi connectivity index (χ1) is 14.4. The summed E-state index contributed by atoms with van der Waals surface area (Å²) in [6.45, 7) is 9.79. The number of fused-ring (bicyclic) bond motifs is 1. The van der Waals surface area contributed by atoms with Crippen LogP contribution in [0.15, 0.2) is 41.2 Å². The zero-order valence-electron chi connectivity index (χ0n) is 17.7. The second kappa shape index (κ2) is 7.32. The van der Waals surface area contributed by atoms with Gasteiger partial charge in [0.05, 0.1) is 0 Å². The van der Waals surface area contributed by atoms with Gasteiger partial charge in [-0.3, -0.25) is 9.36 Å². The molecule has 4 bridgehead atoms. The summed E-state index contributed by atoms with van der Waals surface area (Å²) in [4.78, 5) is 34.6. The minimum absolute atomic E-state index is 0.0134.